The maximum Gasteiger partial charge on any atom is 0.256 e. The van der Waals surface area contributed by atoms with E-state index in [1.165, 1.54) is 18.3 Å². The minimum atomic E-state index is -0.332. The molecule has 8 heteroatoms. The number of carbonyl (C=O) groups excluding carboxylic acids is 1. The lowest BCUT2D eigenvalue weighted by Gasteiger charge is -2.17. The number of nitrogens with one attached hydrogen (secondary N) is 1. The zero-order valence-corrected chi connectivity index (χ0v) is 16.0. The molecule has 0 saturated carbocycles. The fourth-order valence-corrected chi connectivity index (χ4v) is 2.94. The highest BCUT2D eigenvalue weighted by Crippen LogP contribution is 2.32. The number of nitrogens with zero attached hydrogens (tertiary/aromatic N) is 3. The molecule has 0 bridgehead atoms. The minimum Gasteiger partial charge on any atom is -0.454 e. The lowest BCUT2D eigenvalue weighted by atomic mass is 10.2. The summed E-state index contributed by atoms with van der Waals surface area (Å²) >= 11 is 0. The molecule has 1 aromatic heterocycles. The van der Waals surface area contributed by atoms with Gasteiger partial charge in [-0.2, -0.15) is 0 Å². The Morgan fingerprint density at radius 3 is 2.66 bits per heavy atom. The summed E-state index contributed by atoms with van der Waals surface area (Å²) in [6.45, 7) is 0.525. The van der Waals surface area contributed by atoms with Crippen molar-refractivity contribution in [2.24, 2.45) is 0 Å². The number of fused-ring (bicyclic) bond motifs is 1. The first-order valence-electron chi connectivity index (χ1n) is 8.98. The Morgan fingerprint density at radius 1 is 1.14 bits per heavy atom. The van der Waals surface area contributed by atoms with Crippen LogP contribution in [0.25, 0.3) is 11.4 Å². The lowest BCUT2D eigenvalue weighted by Crippen LogP contribution is -2.26. The van der Waals surface area contributed by atoms with Crippen LogP contribution >= 0.6 is 0 Å². The third kappa shape index (κ3) is 3.96. The van der Waals surface area contributed by atoms with Crippen LogP contribution in [0, 0.1) is 5.82 Å². The van der Waals surface area contributed by atoms with Crippen molar-refractivity contribution in [3.05, 3.63) is 65.6 Å². The Labute approximate surface area is 167 Å². The van der Waals surface area contributed by atoms with Gasteiger partial charge in [0, 0.05) is 32.4 Å². The number of ether oxygens (including phenoxy) is 2. The van der Waals surface area contributed by atoms with E-state index in [0.29, 0.717) is 40.8 Å². The molecule has 1 amide bonds. The first-order chi connectivity index (χ1) is 14.0. The fraction of sp³-hybridized carbons (Fsp3) is 0.190. The predicted octanol–water partition coefficient (Wildman–Crippen LogP) is 3.01. The zero-order chi connectivity index (χ0) is 20.4. The van der Waals surface area contributed by atoms with Crippen molar-refractivity contribution in [1.82, 2.24) is 15.3 Å². The molecule has 29 heavy (non-hydrogen) atoms. The molecule has 2 heterocycles. The second-order valence-electron chi connectivity index (χ2n) is 6.70. The molecule has 0 saturated heterocycles. The standard InChI is InChI=1S/C21H19FN4O3/c1-26(2)20-16(11-23-19(25-20)14-4-6-15(22)7-5-14)21(27)24-10-13-3-8-17-18(9-13)29-12-28-17/h3-9,11H,10,12H2,1-2H3,(H,24,27). The summed E-state index contributed by atoms with van der Waals surface area (Å²) in [5.74, 6) is 1.62. The summed E-state index contributed by atoms with van der Waals surface area (Å²) in [6, 6.07) is 11.4. The van der Waals surface area contributed by atoms with Crippen molar-refractivity contribution in [1.29, 1.82) is 0 Å². The van der Waals surface area contributed by atoms with Crippen LogP contribution in [0.2, 0.25) is 0 Å². The molecule has 7 nitrogen and oxygen atoms in total. The maximum atomic E-state index is 13.2. The van der Waals surface area contributed by atoms with E-state index in [9.17, 15) is 9.18 Å². The molecule has 148 valence electrons. The second-order valence-corrected chi connectivity index (χ2v) is 6.70. The molecule has 0 spiro atoms. The van der Waals surface area contributed by atoms with Gasteiger partial charge in [-0.3, -0.25) is 4.79 Å². The zero-order valence-electron chi connectivity index (χ0n) is 16.0. The van der Waals surface area contributed by atoms with Crippen LogP contribution < -0.4 is 19.7 Å². The van der Waals surface area contributed by atoms with Crippen molar-refractivity contribution in [3.63, 3.8) is 0 Å². The van der Waals surface area contributed by atoms with Gasteiger partial charge in [-0.1, -0.05) is 6.07 Å². The van der Waals surface area contributed by atoms with E-state index in [2.05, 4.69) is 15.3 Å². The number of hydrogen-bond acceptors (Lipinski definition) is 6. The van der Waals surface area contributed by atoms with Crippen LogP contribution in [0.4, 0.5) is 10.2 Å². The van der Waals surface area contributed by atoms with Gasteiger partial charge in [0.1, 0.15) is 17.2 Å². The average Bonchev–Trinajstić information content (AvgIpc) is 3.20. The van der Waals surface area contributed by atoms with Crippen LogP contribution in [-0.2, 0) is 6.54 Å². The quantitative estimate of drug-likeness (QED) is 0.717. The lowest BCUT2D eigenvalue weighted by molar-refractivity contribution is 0.0950. The van der Waals surface area contributed by atoms with E-state index in [4.69, 9.17) is 9.47 Å². The van der Waals surface area contributed by atoms with Gasteiger partial charge in [0.25, 0.3) is 5.91 Å². The summed E-state index contributed by atoms with van der Waals surface area (Å²) in [6.07, 6.45) is 1.48. The first-order valence-corrected chi connectivity index (χ1v) is 8.98. The topological polar surface area (TPSA) is 76.6 Å². The summed E-state index contributed by atoms with van der Waals surface area (Å²) in [4.78, 5) is 23.3. The molecule has 0 radical (unpaired) electrons. The molecular weight excluding hydrogens is 375 g/mol. The van der Waals surface area contributed by atoms with E-state index < -0.39 is 0 Å². The number of rotatable bonds is 5. The van der Waals surface area contributed by atoms with Crippen molar-refractivity contribution in [2.45, 2.75) is 6.54 Å². The number of halogens is 1. The number of anilines is 1. The van der Waals surface area contributed by atoms with Crippen molar-refractivity contribution in [3.8, 4) is 22.9 Å². The van der Waals surface area contributed by atoms with E-state index in [0.717, 1.165) is 5.56 Å². The molecule has 0 atom stereocenters. The highest BCUT2D eigenvalue weighted by Gasteiger charge is 2.18. The Hall–Kier alpha value is -3.68. The summed E-state index contributed by atoms with van der Waals surface area (Å²) in [5.41, 5.74) is 1.90. The van der Waals surface area contributed by atoms with Crippen molar-refractivity contribution >= 4 is 11.7 Å². The van der Waals surface area contributed by atoms with E-state index >= 15 is 0 Å². The normalized spacial score (nSPS) is 12.0. The highest BCUT2D eigenvalue weighted by molar-refractivity contribution is 5.98. The van der Waals surface area contributed by atoms with Gasteiger partial charge in [-0.05, 0) is 42.0 Å². The molecule has 0 fully saturated rings. The molecule has 0 unspecified atom stereocenters. The van der Waals surface area contributed by atoms with Crippen LogP contribution in [0.5, 0.6) is 11.5 Å². The Morgan fingerprint density at radius 2 is 1.90 bits per heavy atom. The number of carbonyl (C=O) groups is 1. The first kappa shape index (κ1) is 18.7. The largest absolute Gasteiger partial charge is 0.454 e. The molecule has 1 N–H and O–H groups in total. The monoisotopic (exact) mass is 394 g/mol. The van der Waals surface area contributed by atoms with Gasteiger partial charge in [0.2, 0.25) is 6.79 Å². The molecule has 4 rings (SSSR count). The molecule has 1 aliphatic rings. The summed E-state index contributed by atoms with van der Waals surface area (Å²) < 4.78 is 23.8. The van der Waals surface area contributed by atoms with E-state index in [1.54, 1.807) is 31.1 Å². The number of aromatic nitrogens is 2. The van der Waals surface area contributed by atoms with Crippen LogP contribution in [0.15, 0.2) is 48.7 Å². The number of benzene rings is 2. The van der Waals surface area contributed by atoms with Gasteiger partial charge in [-0.25, -0.2) is 14.4 Å². The van der Waals surface area contributed by atoms with Gasteiger partial charge in [-0.15, -0.1) is 0 Å². The smallest absolute Gasteiger partial charge is 0.256 e. The van der Waals surface area contributed by atoms with Gasteiger partial charge < -0.3 is 19.7 Å². The van der Waals surface area contributed by atoms with Crippen LogP contribution in [-0.4, -0.2) is 36.8 Å². The highest BCUT2D eigenvalue weighted by atomic mass is 19.1. The number of amides is 1. The molecule has 3 aromatic rings. The second kappa shape index (κ2) is 7.75. The summed E-state index contributed by atoms with van der Waals surface area (Å²) in [5, 5.41) is 2.88. The van der Waals surface area contributed by atoms with E-state index in [1.807, 2.05) is 18.2 Å². The minimum absolute atomic E-state index is 0.203. The average molecular weight is 394 g/mol. The van der Waals surface area contributed by atoms with E-state index in [-0.39, 0.29) is 18.5 Å². The Bertz CT molecular complexity index is 1050. The molecular formula is C21H19FN4O3. The SMILES string of the molecule is CN(C)c1nc(-c2ccc(F)cc2)ncc1C(=O)NCc1ccc2c(c1)OCO2. The maximum absolute atomic E-state index is 13.2. The van der Waals surface area contributed by atoms with Gasteiger partial charge in [0.15, 0.2) is 17.3 Å². The van der Waals surface area contributed by atoms with Gasteiger partial charge >= 0.3 is 0 Å². The van der Waals surface area contributed by atoms with Crippen molar-refractivity contribution in [2.75, 3.05) is 25.8 Å². The Balaban J connectivity index is 1.53. The fourth-order valence-electron chi connectivity index (χ4n) is 2.94. The van der Waals surface area contributed by atoms with Crippen molar-refractivity contribution < 1.29 is 18.7 Å². The van der Waals surface area contributed by atoms with Crippen LogP contribution in [0.3, 0.4) is 0 Å². The molecule has 1 aliphatic heterocycles. The third-order valence-electron chi connectivity index (χ3n) is 4.43. The third-order valence-corrected chi connectivity index (χ3v) is 4.43. The summed E-state index contributed by atoms with van der Waals surface area (Å²) in [7, 11) is 3.59. The number of hydrogen-bond donors (Lipinski definition) is 1. The molecule has 2 aromatic carbocycles. The predicted molar refractivity (Wildman–Crippen MR) is 105 cm³/mol. The molecule has 0 aliphatic carbocycles. The van der Waals surface area contributed by atoms with Crippen LogP contribution in [0.1, 0.15) is 15.9 Å². The van der Waals surface area contributed by atoms with Gasteiger partial charge in [0.05, 0.1) is 0 Å². The Kier molecular flexibility index (Phi) is 4.99.